The zero-order valence-electron chi connectivity index (χ0n) is 9.41. The number of likely N-dealkylation sites (N-methyl/N-ethyl adjacent to an activating group) is 1. The van der Waals surface area contributed by atoms with Crippen molar-refractivity contribution in [3.8, 4) is 0 Å². The average molecular weight is 203 g/mol. The Morgan fingerprint density at radius 3 is 2.57 bits per heavy atom. The number of esters is 1. The molecule has 0 aliphatic carbocycles. The third kappa shape index (κ3) is 6.86. The van der Waals surface area contributed by atoms with Gasteiger partial charge in [-0.05, 0) is 19.9 Å². The Balaban J connectivity index is 3.52. The fourth-order valence-electron chi connectivity index (χ4n) is 1.13. The maximum atomic E-state index is 11.0. The molecule has 0 atom stereocenters. The highest BCUT2D eigenvalue weighted by Crippen LogP contribution is 1.93. The first-order valence-electron chi connectivity index (χ1n) is 5.11. The Kier molecular flexibility index (Phi) is 8.57. The van der Waals surface area contributed by atoms with Gasteiger partial charge in [0.15, 0.2) is 0 Å². The summed E-state index contributed by atoms with van der Waals surface area (Å²) in [6, 6.07) is 0. The molecule has 84 valence electrons. The van der Waals surface area contributed by atoms with Crippen LogP contribution in [0.3, 0.4) is 0 Å². The SMILES string of the molecule is CCOCCCN(CC)CC(=O)OC. The van der Waals surface area contributed by atoms with Crippen LogP contribution in [0.2, 0.25) is 0 Å². The molecule has 0 rings (SSSR count). The van der Waals surface area contributed by atoms with Crippen LogP contribution < -0.4 is 0 Å². The zero-order valence-corrected chi connectivity index (χ0v) is 9.41. The quantitative estimate of drug-likeness (QED) is 0.434. The number of nitrogens with zero attached hydrogens (tertiary/aromatic N) is 1. The van der Waals surface area contributed by atoms with Gasteiger partial charge in [0.2, 0.25) is 0 Å². The highest BCUT2D eigenvalue weighted by molar-refractivity contribution is 5.71. The summed E-state index contributed by atoms with van der Waals surface area (Å²) in [5, 5.41) is 0. The Bertz CT molecular complexity index is 150. The van der Waals surface area contributed by atoms with Crippen LogP contribution in [0.15, 0.2) is 0 Å². The molecule has 0 aromatic rings. The van der Waals surface area contributed by atoms with E-state index < -0.39 is 0 Å². The molecule has 0 saturated heterocycles. The third-order valence-corrected chi connectivity index (χ3v) is 1.99. The predicted molar refractivity (Wildman–Crippen MR) is 55.2 cm³/mol. The highest BCUT2D eigenvalue weighted by atomic mass is 16.5. The molecular formula is C10H21NO3. The van der Waals surface area contributed by atoms with Gasteiger partial charge in [0.1, 0.15) is 0 Å². The van der Waals surface area contributed by atoms with Gasteiger partial charge in [-0.3, -0.25) is 9.69 Å². The molecule has 0 radical (unpaired) electrons. The molecular weight excluding hydrogens is 182 g/mol. The zero-order chi connectivity index (χ0) is 10.8. The number of hydrogen-bond acceptors (Lipinski definition) is 4. The van der Waals surface area contributed by atoms with Gasteiger partial charge < -0.3 is 9.47 Å². The van der Waals surface area contributed by atoms with Crippen molar-refractivity contribution in [1.29, 1.82) is 0 Å². The van der Waals surface area contributed by atoms with Crippen LogP contribution in [0.25, 0.3) is 0 Å². The van der Waals surface area contributed by atoms with Crippen LogP contribution in [0.5, 0.6) is 0 Å². The van der Waals surface area contributed by atoms with E-state index in [1.807, 2.05) is 18.7 Å². The second-order valence-corrected chi connectivity index (χ2v) is 3.00. The van der Waals surface area contributed by atoms with Crippen molar-refractivity contribution in [2.75, 3.05) is 40.0 Å². The Labute approximate surface area is 86.2 Å². The lowest BCUT2D eigenvalue weighted by Gasteiger charge is -2.18. The van der Waals surface area contributed by atoms with E-state index in [2.05, 4.69) is 4.74 Å². The minimum absolute atomic E-state index is 0.178. The summed E-state index contributed by atoms with van der Waals surface area (Å²) in [5.74, 6) is -0.178. The number of ether oxygens (including phenoxy) is 2. The third-order valence-electron chi connectivity index (χ3n) is 1.99. The monoisotopic (exact) mass is 203 g/mol. The minimum Gasteiger partial charge on any atom is -0.468 e. The summed E-state index contributed by atoms with van der Waals surface area (Å²) in [6.45, 7) is 7.64. The lowest BCUT2D eigenvalue weighted by molar-refractivity contribution is -0.141. The van der Waals surface area contributed by atoms with Crippen LogP contribution in [0, 0.1) is 0 Å². The van der Waals surface area contributed by atoms with Crippen molar-refractivity contribution in [2.24, 2.45) is 0 Å². The number of hydrogen-bond donors (Lipinski definition) is 0. The van der Waals surface area contributed by atoms with E-state index in [1.54, 1.807) is 0 Å². The first-order chi connectivity index (χ1) is 6.74. The molecule has 0 bridgehead atoms. The summed E-state index contributed by atoms with van der Waals surface area (Å²) in [5.41, 5.74) is 0. The van der Waals surface area contributed by atoms with Gasteiger partial charge in [0.25, 0.3) is 0 Å². The predicted octanol–water partition coefficient (Wildman–Crippen LogP) is 0.908. The number of rotatable bonds is 8. The molecule has 0 amide bonds. The van der Waals surface area contributed by atoms with Gasteiger partial charge in [0, 0.05) is 19.8 Å². The van der Waals surface area contributed by atoms with Gasteiger partial charge in [-0.15, -0.1) is 0 Å². The van der Waals surface area contributed by atoms with E-state index in [0.29, 0.717) is 6.54 Å². The number of carbonyl (C=O) groups is 1. The van der Waals surface area contributed by atoms with Gasteiger partial charge in [-0.25, -0.2) is 0 Å². The summed E-state index contributed by atoms with van der Waals surface area (Å²) >= 11 is 0. The fraction of sp³-hybridized carbons (Fsp3) is 0.900. The molecule has 14 heavy (non-hydrogen) atoms. The van der Waals surface area contributed by atoms with E-state index in [-0.39, 0.29) is 5.97 Å². The van der Waals surface area contributed by atoms with Gasteiger partial charge in [-0.2, -0.15) is 0 Å². The van der Waals surface area contributed by atoms with Crippen molar-refractivity contribution in [3.05, 3.63) is 0 Å². The molecule has 0 saturated carbocycles. The van der Waals surface area contributed by atoms with Crippen LogP contribution in [0.1, 0.15) is 20.3 Å². The molecule has 0 unspecified atom stereocenters. The van der Waals surface area contributed by atoms with E-state index in [0.717, 1.165) is 32.7 Å². The highest BCUT2D eigenvalue weighted by Gasteiger charge is 2.07. The van der Waals surface area contributed by atoms with Gasteiger partial charge in [0.05, 0.1) is 13.7 Å². The van der Waals surface area contributed by atoms with E-state index in [4.69, 9.17) is 4.74 Å². The topological polar surface area (TPSA) is 38.8 Å². The molecule has 0 aliphatic heterocycles. The normalized spacial score (nSPS) is 10.6. The lowest BCUT2D eigenvalue weighted by atomic mass is 10.4. The maximum absolute atomic E-state index is 11.0. The molecule has 0 N–H and O–H groups in total. The lowest BCUT2D eigenvalue weighted by Crippen LogP contribution is -2.31. The molecule has 0 aromatic carbocycles. The average Bonchev–Trinajstić information content (AvgIpc) is 2.22. The number of carbonyl (C=O) groups excluding carboxylic acids is 1. The van der Waals surface area contributed by atoms with Crippen molar-refractivity contribution in [2.45, 2.75) is 20.3 Å². The molecule has 0 fully saturated rings. The molecule has 4 nitrogen and oxygen atoms in total. The summed E-state index contributed by atoms with van der Waals surface area (Å²) < 4.78 is 9.82. The first kappa shape index (κ1) is 13.4. The standard InChI is InChI=1S/C10H21NO3/c1-4-11(9-10(12)13-3)7-6-8-14-5-2/h4-9H2,1-3H3. The second kappa shape index (κ2) is 8.97. The largest absolute Gasteiger partial charge is 0.468 e. The second-order valence-electron chi connectivity index (χ2n) is 3.00. The smallest absolute Gasteiger partial charge is 0.319 e. The van der Waals surface area contributed by atoms with Crippen LogP contribution in [-0.4, -0.2) is 50.8 Å². The molecule has 0 aromatic heterocycles. The van der Waals surface area contributed by atoms with E-state index in [1.165, 1.54) is 7.11 Å². The van der Waals surface area contributed by atoms with Crippen LogP contribution >= 0.6 is 0 Å². The summed E-state index contributed by atoms with van der Waals surface area (Å²) in [7, 11) is 1.41. The van der Waals surface area contributed by atoms with E-state index >= 15 is 0 Å². The van der Waals surface area contributed by atoms with Crippen molar-refractivity contribution < 1.29 is 14.3 Å². The first-order valence-corrected chi connectivity index (χ1v) is 5.11. The maximum Gasteiger partial charge on any atom is 0.319 e. The molecule has 0 spiro atoms. The molecule has 0 aliphatic rings. The van der Waals surface area contributed by atoms with Gasteiger partial charge in [-0.1, -0.05) is 6.92 Å². The fourth-order valence-corrected chi connectivity index (χ4v) is 1.13. The molecule has 4 heteroatoms. The summed E-state index contributed by atoms with van der Waals surface area (Å²) in [6.07, 6.45) is 0.957. The minimum atomic E-state index is -0.178. The van der Waals surface area contributed by atoms with Crippen molar-refractivity contribution in [1.82, 2.24) is 4.90 Å². The van der Waals surface area contributed by atoms with E-state index in [9.17, 15) is 4.79 Å². The Morgan fingerprint density at radius 1 is 1.36 bits per heavy atom. The van der Waals surface area contributed by atoms with Crippen LogP contribution in [0.4, 0.5) is 0 Å². The summed E-state index contributed by atoms with van der Waals surface area (Å²) in [4.78, 5) is 13.0. The molecule has 0 heterocycles. The van der Waals surface area contributed by atoms with Crippen molar-refractivity contribution in [3.63, 3.8) is 0 Å². The van der Waals surface area contributed by atoms with Gasteiger partial charge >= 0.3 is 5.97 Å². The number of methoxy groups -OCH3 is 1. The van der Waals surface area contributed by atoms with Crippen LogP contribution in [-0.2, 0) is 14.3 Å². The Morgan fingerprint density at radius 2 is 2.07 bits per heavy atom. The van der Waals surface area contributed by atoms with Crippen molar-refractivity contribution >= 4 is 5.97 Å². The Hall–Kier alpha value is -0.610.